The second-order valence-corrected chi connectivity index (χ2v) is 6.37. The number of carbonyl (C=O) groups is 1. The molecule has 3 heteroatoms. The van der Waals surface area contributed by atoms with Crippen molar-refractivity contribution >= 4 is 17.3 Å². The maximum absolute atomic E-state index is 12.4. The van der Waals surface area contributed by atoms with Crippen LogP contribution in [0.2, 0.25) is 0 Å². The number of rotatable bonds is 3. The normalized spacial score (nSPS) is 14.6. The van der Waals surface area contributed by atoms with Gasteiger partial charge in [-0.15, -0.1) is 0 Å². The Labute approximate surface area is 138 Å². The van der Waals surface area contributed by atoms with E-state index in [2.05, 4.69) is 22.3 Å². The lowest BCUT2D eigenvalue weighted by Crippen LogP contribution is -2.29. The molecule has 3 rings (SSSR count). The molecule has 0 aliphatic carbocycles. The number of benzene rings is 2. The second kappa shape index (κ2) is 6.86. The summed E-state index contributed by atoms with van der Waals surface area (Å²) in [5, 5.41) is 2.99. The molecule has 1 aliphatic rings. The number of hydrogen-bond acceptors (Lipinski definition) is 2. The highest BCUT2D eigenvalue weighted by Gasteiger charge is 2.12. The summed E-state index contributed by atoms with van der Waals surface area (Å²) in [4.78, 5) is 14.8. The first-order valence-corrected chi connectivity index (χ1v) is 8.37. The molecule has 23 heavy (non-hydrogen) atoms. The third-order valence-electron chi connectivity index (χ3n) is 4.47. The number of nitrogens with one attached hydrogen (secondary N) is 1. The minimum absolute atomic E-state index is 0.0479. The molecule has 0 saturated carbocycles. The van der Waals surface area contributed by atoms with Gasteiger partial charge in [0.15, 0.2) is 0 Å². The van der Waals surface area contributed by atoms with Gasteiger partial charge in [-0.2, -0.15) is 0 Å². The molecule has 1 N–H and O–H groups in total. The Balaban J connectivity index is 1.69. The summed E-state index contributed by atoms with van der Waals surface area (Å²) in [6, 6.07) is 14.1. The topological polar surface area (TPSA) is 32.3 Å². The van der Waals surface area contributed by atoms with E-state index in [1.165, 1.54) is 30.5 Å². The van der Waals surface area contributed by atoms with E-state index in [4.69, 9.17) is 0 Å². The average Bonchev–Trinajstić information content (AvgIpc) is 2.56. The van der Waals surface area contributed by atoms with E-state index in [9.17, 15) is 4.79 Å². The summed E-state index contributed by atoms with van der Waals surface area (Å²) in [6.07, 6.45) is 3.87. The molecule has 0 aromatic heterocycles. The predicted octanol–water partition coefficient (Wildman–Crippen LogP) is 4.55. The largest absolute Gasteiger partial charge is 0.372 e. The van der Waals surface area contributed by atoms with Gasteiger partial charge in [0.25, 0.3) is 5.91 Å². The van der Waals surface area contributed by atoms with E-state index in [-0.39, 0.29) is 5.91 Å². The van der Waals surface area contributed by atoms with Gasteiger partial charge in [0.2, 0.25) is 0 Å². The molecule has 1 saturated heterocycles. The van der Waals surface area contributed by atoms with Crippen LogP contribution < -0.4 is 10.2 Å². The molecule has 1 amide bonds. The van der Waals surface area contributed by atoms with Gasteiger partial charge in [0.1, 0.15) is 0 Å². The lowest BCUT2D eigenvalue weighted by Gasteiger charge is -2.28. The van der Waals surface area contributed by atoms with Gasteiger partial charge < -0.3 is 10.2 Å². The van der Waals surface area contributed by atoms with Gasteiger partial charge in [0.05, 0.1) is 0 Å². The molecule has 0 spiro atoms. The number of nitrogens with zero attached hydrogens (tertiary/aromatic N) is 1. The van der Waals surface area contributed by atoms with Crippen molar-refractivity contribution < 1.29 is 4.79 Å². The maximum Gasteiger partial charge on any atom is 0.255 e. The summed E-state index contributed by atoms with van der Waals surface area (Å²) >= 11 is 0. The first kappa shape index (κ1) is 15.6. The van der Waals surface area contributed by atoms with Crippen LogP contribution in [0.15, 0.2) is 42.5 Å². The zero-order valence-corrected chi connectivity index (χ0v) is 13.9. The fraction of sp³-hybridized carbons (Fsp3) is 0.350. The van der Waals surface area contributed by atoms with E-state index in [0.29, 0.717) is 0 Å². The van der Waals surface area contributed by atoms with Gasteiger partial charge in [-0.1, -0.05) is 17.7 Å². The Morgan fingerprint density at radius 1 is 0.957 bits per heavy atom. The van der Waals surface area contributed by atoms with Crippen molar-refractivity contribution in [3.8, 4) is 0 Å². The van der Waals surface area contributed by atoms with Crippen LogP contribution in [0.5, 0.6) is 0 Å². The smallest absolute Gasteiger partial charge is 0.255 e. The van der Waals surface area contributed by atoms with Crippen molar-refractivity contribution in [3.05, 3.63) is 59.2 Å². The SMILES string of the molecule is Cc1ccc(C(=O)Nc2ccc(N3CCCCC3)cc2)c(C)c1. The van der Waals surface area contributed by atoms with Crippen molar-refractivity contribution in [1.29, 1.82) is 0 Å². The number of aryl methyl sites for hydroxylation is 2. The van der Waals surface area contributed by atoms with Crippen molar-refractivity contribution in [1.82, 2.24) is 0 Å². The van der Waals surface area contributed by atoms with Crippen LogP contribution in [0.1, 0.15) is 40.7 Å². The monoisotopic (exact) mass is 308 g/mol. The van der Waals surface area contributed by atoms with E-state index >= 15 is 0 Å². The summed E-state index contributed by atoms with van der Waals surface area (Å²) in [5.41, 5.74) is 5.00. The Bertz CT molecular complexity index is 685. The maximum atomic E-state index is 12.4. The van der Waals surface area contributed by atoms with Crippen molar-refractivity contribution in [3.63, 3.8) is 0 Å². The lowest BCUT2D eigenvalue weighted by molar-refractivity contribution is 0.102. The average molecular weight is 308 g/mol. The highest BCUT2D eigenvalue weighted by atomic mass is 16.1. The number of piperidine rings is 1. The Kier molecular flexibility index (Phi) is 4.65. The van der Waals surface area contributed by atoms with Gasteiger partial charge in [0, 0.05) is 30.0 Å². The molecule has 0 unspecified atom stereocenters. The van der Waals surface area contributed by atoms with Crippen LogP contribution in [-0.2, 0) is 0 Å². The Morgan fingerprint density at radius 2 is 1.65 bits per heavy atom. The number of carbonyl (C=O) groups excluding carboxylic acids is 1. The van der Waals surface area contributed by atoms with Crippen LogP contribution >= 0.6 is 0 Å². The summed E-state index contributed by atoms with van der Waals surface area (Å²) < 4.78 is 0. The van der Waals surface area contributed by atoms with E-state index in [0.717, 1.165) is 29.9 Å². The molecule has 1 aliphatic heterocycles. The summed E-state index contributed by atoms with van der Waals surface area (Å²) in [5.74, 6) is -0.0479. The standard InChI is InChI=1S/C20H24N2O/c1-15-6-11-19(16(2)14-15)20(23)21-17-7-9-18(10-8-17)22-12-4-3-5-13-22/h6-11,14H,3-5,12-13H2,1-2H3,(H,21,23). The van der Waals surface area contributed by atoms with Gasteiger partial charge >= 0.3 is 0 Å². The number of amides is 1. The fourth-order valence-electron chi connectivity index (χ4n) is 3.17. The van der Waals surface area contributed by atoms with Crippen molar-refractivity contribution in [2.75, 3.05) is 23.3 Å². The third-order valence-corrected chi connectivity index (χ3v) is 4.47. The summed E-state index contributed by atoms with van der Waals surface area (Å²) in [6.45, 7) is 6.28. The molecule has 2 aromatic rings. The first-order chi connectivity index (χ1) is 11.1. The third kappa shape index (κ3) is 3.73. The zero-order valence-electron chi connectivity index (χ0n) is 13.9. The minimum Gasteiger partial charge on any atom is -0.372 e. The first-order valence-electron chi connectivity index (χ1n) is 8.37. The van der Waals surface area contributed by atoms with Gasteiger partial charge in [-0.25, -0.2) is 0 Å². The molecule has 1 heterocycles. The Morgan fingerprint density at radius 3 is 2.30 bits per heavy atom. The highest BCUT2D eigenvalue weighted by Crippen LogP contribution is 2.22. The zero-order chi connectivity index (χ0) is 16.2. The molecule has 0 radical (unpaired) electrons. The van der Waals surface area contributed by atoms with Crippen LogP contribution in [0.25, 0.3) is 0 Å². The van der Waals surface area contributed by atoms with Gasteiger partial charge in [-0.3, -0.25) is 4.79 Å². The lowest BCUT2D eigenvalue weighted by atomic mass is 10.1. The summed E-state index contributed by atoms with van der Waals surface area (Å²) in [7, 11) is 0. The molecular formula is C20H24N2O. The molecule has 120 valence electrons. The van der Waals surface area contributed by atoms with Crippen LogP contribution in [0.4, 0.5) is 11.4 Å². The fourth-order valence-corrected chi connectivity index (χ4v) is 3.17. The van der Waals surface area contributed by atoms with Crippen molar-refractivity contribution in [2.45, 2.75) is 33.1 Å². The van der Waals surface area contributed by atoms with Crippen LogP contribution in [0, 0.1) is 13.8 Å². The van der Waals surface area contributed by atoms with Crippen molar-refractivity contribution in [2.24, 2.45) is 0 Å². The molecule has 1 fully saturated rings. The quantitative estimate of drug-likeness (QED) is 0.902. The molecule has 0 bridgehead atoms. The van der Waals surface area contributed by atoms with E-state index in [1.54, 1.807) is 0 Å². The van der Waals surface area contributed by atoms with Gasteiger partial charge in [-0.05, 0) is 69.0 Å². The molecule has 2 aromatic carbocycles. The molecular weight excluding hydrogens is 284 g/mol. The number of anilines is 2. The molecule has 0 atom stereocenters. The second-order valence-electron chi connectivity index (χ2n) is 6.37. The van der Waals surface area contributed by atoms with Crippen LogP contribution in [-0.4, -0.2) is 19.0 Å². The predicted molar refractivity (Wildman–Crippen MR) is 96.4 cm³/mol. The highest BCUT2D eigenvalue weighted by molar-refractivity contribution is 6.05. The van der Waals surface area contributed by atoms with Crippen LogP contribution in [0.3, 0.4) is 0 Å². The van der Waals surface area contributed by atoms with E-state index in [1.807, 2.05) is 44.2 Å². The minimum atomic E-state index is -0.0479. The Hall–Kier alpha value is -2.29. The molecule has 3 nitrogen and oxygen atoms in total. The number of hydrogen-bond donors (Lipinski definition) is 1. The van der Waals surface area contributed by atoms with E-state index < -0.39 is 0 Å².